The van der Waals surface area contributed by atoms with E-state index in [2.05, 4.69) is 17.6 Å². The average Bonchev–Trinajstić information content (AvgIpc) is 2.66. The lowest BCUT2D eigenvalue weighted by molar-refractivity contribution is -0.124. The van der Waals surface area contributed by atoms with E-state index in [1.807, 2.05) is 7.05 Å². The third-order valence-corrected chi connectivity index (χ3v) is 3.04. The molecule has 0 aromatic rings. The van der Waals surface area contributed by atoms with E-state index in [0.29, 0.717) is 6.04 Å². The first-order chi connectivity index (χ1) is 6.77. The first kappa shape index (κ1) is 11.5. The molecule has 0 aromatic carbocycles. The lowest BCUT2D eigenvalue weighted by atomic mass is 10.1. The average molecular weight is 198 g/mol. The molecule has 0 bridgehead atoms. The molecular weight excluding hydrogens is 176 g/mol. The Hall–Kier alpha value is -0.570. The van der Waals surface area contributed by atoms with Crippen molar-refractivity contribution in [1.29, 1.82) is 0 Å². The molecule has 1 aliphatic rings. The molecule has 1 amide bonds. The van der Waals surface area contributed by atoms with Crippen molar-refractivity contribution in [2.45, 2.75) is 45.1 Å². The Bertz CT molecular complexity index is 182. The third kappa shape index (κ3) is 3.29. The summed E-state index contributed by atoms with van der Waals surface area (Å²) in [4.78, 5) is 11.6. The van der Waals surface area contributed by atoms with Crippen molar-refractivity contribution in [2.75, 3.05) is 13.6 Å². The molecule has 2 N–H and O–H groups in total. The highest BCUT2D eigenvalue weighted by Crippen LogP contribution is 2.25. The molecule has 1 saturated carbocycles. The Labute approximate surface area is 86.6 Å². The van der Waals surface area contributed by atoms with Gasteiger partial charge in [-0.2, -0.15) is 0 Å². The number of amides is 1. The maximum Gasteiger partial charge on any atom is 0.223 e. The number of nitrogens with one attached hydrogen (secondary N) is 2. The van der Waals surface area contributed by atoms with Gasteiger partial charge in [-0.25, -0.2) is 0 Å². The van der Waals surface area contributed by atoms with Crippen molar-refractivity contribution in [1.82, 2.24) is 10.6 Å². The number of hydrogen-bond donors (Lipinski definition) is 2. The molecule has 1 aliphatic carbocycles. The van der Waals surface area contributed by atoms with Crippen molar-refractivity contribution in [3.63, 3.8) is 0 Å². The van der Waals surface area contributed by atoms with Gasteiger partial charge in [0, 0.05) is 18.5 Å². The zero-order valence-corrected chi connectivity index (χ0v) is 9.31. The lowest BCUT2D eigenvalue weighted by Gasteiger charge is -2.11. The van der Waals surface area contributed by atoms with Gasteiger partial charge in [0.05, 0.1) is 0 Å². The fourth-order valence-electron chi connectivity index (χ4n) is 2.01. The second kappa shape index (κ2) is 6.02. The number of hydrogen-bond acceptors (Lipinski definition) is 2. The highest BCUT2D eigenvalue weighted by Gasteiger charge is 2.28. The Balaban J connectivity index is 2.18. The van der Waals surface area contributed by atoms with Crippen LogP contribution in [0.1, 0.15) is 39.0 Å². The van der Waals surface area contributed by atoms with Crippen LogP contribution in [0.25, 0.3) is 0 Å². The van der Waals surface area contributed by atoms with E-state index in [4.69, 9.17) is 0 Å². The second-order valence-electron chi connectivity index (χ2n) is 4.14. The molecule has 1 rings (SSSR count). The van der Waals surface area contributed by atoms with Gasteiger partial charge in [0.15, 0.2) is 0 Å². The number of carbonyl (C=O) groups is 1. The molecule has 2 atom stereocenters. The molecule has 3 nitrogen and oxygen atoms in total. The first-order valence-corrected chi connectivity index (χ1v) is 5.73. The molecule has 3 heteroatoms. The molecule has 0 spiro atoms. The Morgan fingerprint density at radius 1 is 1.43 bits per heavy atom. The maximum atomic E-state index is 11.6. The summed E-state index contributed by atoms with van der Waals surface area (Å²) in [7, 11) is 1.97. The predicted molar refractivity (Wildman–Crippen MR) is 58.1 cm³/mol. The fourth-order valence-corrected chi connectivity index (χ4v) is 2.01. The van der Waals surface area contributed by atoms with Crippen LogP contribution in [-0.2, 0) is 4.79 Å². The molecule has 1 fully saturated rings. The molecule has 0 aromatic heterocycles. The van der Waals surface area contributed by atoms with Crippen LogP contribution in [0.5, 0.6) is 0 Å². The van der Waals surface area contributed by atoms with Crippen LogP contribution in [0.15, 0.2) is 0 Å². The largest absolute Gasteiger partial charge is 0.356 e. The maximum absolute atomic E-state index is 11.6. The Morgan fingerprint density at radius 3 is 2.79 bits per heavy atom. The van der Waals surface area contributed by atoms with Gasteiger partial charge in [-0.15, -0.1) is 0 Å². The normalized spacial score (nSPS) is 26.4. The van der Waals surface area contributed by atoms with E-state index in [0.717, 1.165) is 38.6 Å². The van der Waals surface area contributed by atoms with E-state index < -0.39 is 0 Å². The fraction of sp³-hybridized carbons (Fsp3) is 0.909. The van der Waals surface area contributed by atoms with Crippen LogP contribution >= 0.6 is 0 Å². The van der Waals surface area contributed by atoms with Gasteiger partial charge >= 0.3 is 0 Å². The second-order valence-corrected chi connectivity index (χ2v) is 4.14. The zero-order chi connectivity index (χ0) is 10.4. The molecule has 14 heavy (non-hydrogen) atoms. The van der Waals surface area contributed by atoms with Gasteiger partial charge in [0.25, 0.3) is 0 Å². The number of unbranched alkanes of at least 4 members (excludes halogenated alkanes) is 1. The van der Waals surface area contributed by atoms with Gasteiger partial charge in [0.1, 0.15) is 0 Å². The summed E-state index contributed by atoms with van der Waals surface area (Å²) in [6.07, 6.45) is 5.43. The van der Waals surface area contributed by atoms with Crippen LogP contribution in [0.3, 0.4) is 0 Å². The van der Waals surface area contributed by atoms with E-state index in [-0.39, 0.29) is 11.8 Å². The van der Waals surface area contributed by atoms with E-state index >= 15 is 0 Å². The highest BCUT2D eigenvalue weighted by molar-refractivity contribution is 5.78. The predicted octanol–water partition coefficient (Wildman–Crippen LogP) is 1.29. The molecule has 0 saturated heterocycles. The van der Waals surface area contributed by atoms with Crippen LogP contribution in [-0.4, -0.2) is 25.5 Å². The summed E-state index contributed by atoms with van der Waals surface area (Å²) in [6, 6.07) is 0.553. The highest BCUT2D eigenvalue weighted by atomic mass is 16.1. The van der Waals surface area contributed by atoms with Crippen molar-refractivity contribution in [3.05, 3.63) is 0 Å². The summed E-state index contributed by atoms with van der Waals surface area (Å²) in [5.41, 5.74) is 0. The smallest absolute Gasteiger partial charge is 0.223 e. The van der Waals surface area contributed by atoms with Gasteiger partial charge < -0.3 is 10.6 Å². The summed E-state index contributed by atoms with van der Waals surface area (Å²) in [5.74, 6) is 0.514. The third-order valence-electron chi connectivity index (χ3n) is 3.04. The Kier molecular flexibility index (Phi) is 4.94. The monoisotopic (exact) mass is 198 g/mol. The van der Waals surface area contributed by atoms with Gasteiger partial charge in [-0.05, 0) is 32.7 Å². The topological polar surface area (TPSA) is 41.1 Å². The minimum absolute atomic E-state index is 0.254. The van der Waals surface area contributed by atoms with Gasteiger partial charge in [-0.3, -0.25) is 4.79 Å². The molecule has 0 aliphatic heterocycles. The minimum atomic E-state index is 0.254. The SMILES string of the molecule is CCCCNC(=O)[C@H]1CC[C@@H](NC)C1. The Morgan fingerprint density at radius 2 is 2.21 bits per heavy atom. The zero-order valence-electron chi connectivity index (χ0n) is 9.31. The van der Waals surface area contributed by atoms with Crippen molar-refractivity contribution < 1.29 is 4.79 Å². The van der Waals surface area contributed by atoms with Crippen molar-refractivity contribution in [3.8, 4) is 0 Å². The number of carbonyl (C=O) groups excluding carboxylic acids is 1. The summed E-state index contributed by atoms with van der Waals surface area (Å²) in [6.45, 7) is 2.98. The van der Waals surface area contributed by atoms with Crippen molar-refractivity contribution >= 4 is 5.91 Å². The summed E-state index contributed by atoms with van der Waals surface area (Å²) >= 11 is 0. The lowest BCUT2D eigenvalue weighted by Crippen LogP contribution is -2.31. The minimum Gasteiger partial charge on any atom is -0.356 e. The van der Waals surface area contributed by atoms with Crippen molar-refractivity contribution in [2.24, 2.45) is 5.92 Å². The van der Waals surface area contributed by atoms with Gasteiger partial charge in [0.2, 0.25) is 5.91 Å². The van der Waals surface area contributed by atoms with Crippen LogP contribution in [0.4, 0.5) is 0 Å². The van der Waals surface area contributed by atoms with E-state index in [9.17, 15) is 4.79 Å². The summed E-state index contributed by atoms with van der Waals surface area (Å²) in [5, 5.41) is 6.24. The van der Waals surface area contributed by atoms with Crippen LogP contribution < -0.4 is 10.6 Å². The molecule has 0 unspecified atom stereocenters. The quantitative estimate of drug-likeness (QED) is 0.654. The van der Waals surface area contributed by atoms with E-state index in [1.165, 1.54) is 0 Å². The molecule has 82 valence electrons. The molecule has 0 radical (unpaired) electrons. The van der Waals surface area contributed by atoms with Crippen LogP contribution in [0.2, 0.25) is 0 Å². The number of rotatable bonds is 5. The van der Waals surface area contributed by atoms with Crippen LogP contribution in [0, 0.1) is 5.92 Å². The van der Waals surface area contributed by atoms with E-state index in [1.54, 1.807) is 0 Å². The van der Waals surface area contributed by atoms with Gasteiger partial charge in [-0.1, -0.05) is 13.3 Å². The molecule has 0 heterocycles. The summed E-state index contributed by atoms with van der Waals surface area (Å²) < 4.78 is 0. The standard InChI is InChI=1S/C11H22N2O/c1-3-4-7-13-11(14)9-5-6-10(8-9)12-2/h9-10,12H,3-8H2,1-2H3,(H,13,14)/t9-,10+/m0/s1. The molecular formula is C11H22N2O. The first-order valence-electron chi connectivity index (χ1n) is 5.73.